The predicted molar refractivity (Wildman–Crippen MR) is 280 cm³/mol. The van der Waals surface area contributed by atoms with E-state index in [-0.39, 0.29) is 0 Å². The van der Waals surface area contributed by atoms with E-state index in [0.29, 0.717) is 0 Å². The number of hydrogen-bond donors (Lipinski definition) is 0. The van der Waals surface area contributed by atoms with Gasteiger partial charge in [-0.25, -0.2) is 0 Å². The summed E-state index contributed by atoms with van der Waals surface area (Å²) < 4.78 is 6.62. The predicted octanol–water partition coefficient (Wildman–Crippen LogP) is 18.3. The Balaban J connectivity index is 1.09. The van der Waals surface area contributed by atoms with Crippen molar-refractivity contribution in [2.45, 2.75) is 0 Å². The first kappa shape index (κ1) is 37.8. The molecule has 12 aromatic carbocycles. The van der Waals surface area contributed by atoms with E-state index in [1.54, 1.807) is 0 Å². The molecule has 0 radical (unpaired) electrons. The Morgan fingerprint density at radius 3 is 1.59 bits per heavy atom. The van der Waals surface area contributed by atoms with Crippen LogP contribution in [-0.4, -0.2) is 0 Å². The van der Waals surface area contributed by atoms with Gasteiger partial charge >= 0.3 is 0 Å². The summed E-state index contributed by atoms with van der Waals surface area (Å²) in [5.74, 6) is 0. The summed E-state index contributed by atoms with van der Waals surface area (Å²) >= 11 is 0. The minimum Gasteiger partial charge on any atom is -0.455 e. The minimum atomic E-state index is 0.893. The first-order valence-electron chi connectivity index (χ1n) is 22.7. The molecule has 0 atom stereocenters. The van der Waals surface area contributed by atoms with Gasteiger partial charge in [-0.2, -0.15) is 0 Å². The van der Waals surface area contributed by atoms with E-state index in [2.05, 4.69) is 248 Å². The highest BCUT2D eigenvalue weighted by atomic mass is 16.3. The zero-order valence-electron chi connectivity index (χ0n) is 36.0. The second-order valence-electron chi connectivity index (χ2n) is 17.1. The van der Waals surface area contributed by atoms with Gasteiger partial charge in [0, 0.05) is 33.0 Å². The van der Waals surface area contributed by atoms with Crippen LogP contribution in [0.4, 0.5) is 17.1 Å². The van der Waals surface area contributed by atoms with Gasteiger partial charge in [-0.1, -0.05) is 212 Å². The van der Waals surface area contributed by atoms with Gasteiger partial charge < -0.3 is 9.32 Å². The molecule has 0 spiro atoms. The van der Waals surface area contributed by atoms with Crippen molar-refractivity contribution in [1.29, 1.82) is 0 Å². The van der Waals surface area contributed by atoms with E-state index < -0.39 is 0 Å². The second-order valence-corrected chi connectivity index (χ2v) is 17.1. The first-order valence-corrected chi connectivity index (χ1v) is 22.7. The SMILES string of the molecule is c1ccc(-c2c(-c3ccccc3)c3cc(-c4ccccc4N(c4cccc(-c5cccc6c5oc5ccccc56)c4)c4cc5ccccc5c5ccccc45)ccc3c3ccccc23)cc1. The molecule has 0 aliphatic carbocycles. The van der Waals surface area contributed by atoms with Gasteiger partial charge in [0.05, 0.1) is 11.4 Å². The van der Waals surface area contributed by atoms with Crippen LogP contribution in [0.3, 0.4) is 0 Å². The standard InChI is InChI=1S/C64H41NO/c1-3-19-42(20-4-1)62-56-32-12-10-29-52(56)53-38-37-46(40-58(53)63(62)43-21-5-2-6-22-43)49-27-13-15-35-59(49)65(60-41-45-23-7-8-26-48(45)51-28-9-11-30-54(51)60)47-25-17-24-44(39-47)50-33-18-34-57-55-31-14-16-36-61(55)66-64(50)57/h1-41H. The van der Waals surface area contributed by atoms with Crippen molar-refractivity contribution in [2.24, 2.45) is 0 Å². The van der Waals surface area contributed by atoms with Crippen molar-refractivity contribution in [1.82, 2.24) is 0 Å². The van der Waals surface area contributed by atoms with Crippen LogP contribution in [0.15, 0.2) is 253 Å². The van der Waals surface area contributed by atoms with Crippen LogP contribution < -0.4 is 4.90 Å². The Labute approximate surface area is 382 Å². The molecule has 0 fully saturated rings. The van der Waals surface area contributed by atoms with Crippen LogP contribution in [0.2, 0.25) is 0 Å². The van der Waals surface area contributed by atoms with Crippen LogP contribution in [0, 0.1) is 0 Å². The number of hydrogen-bond acceptors (Lipinski definition) is 2. The molecule has 13 aromatic rings. The molecule has 0 aliphatic heterocycles. The molecule has 13 rings (SSSR count). The number of nitrogens with zero attached hydrogens (tertiary/aromatic N) is 1. The Morgan fingerprint density at radius 2 is 0.803 bits per heavy atom. The van der Waals surface area contributed by atoms with Crippen molar-refractivity contribution >= 4 is 82.1 Å². The van der Waals surface area contributed by atoms with Gasteiger partial charge in [0.2, 0.25) is 0 Å². The molecule has 308 valence electrons. The average molecular weight is 840 g/mol. The number of fused-ring (bicyclic) bond motifs is 9. The molecule has 2 heteroatoms. The van der Waals surface area contributed by atoms with Gasteiger partial charge in [-0.3, -0.25) is 0 Å². The van der Waals surface area contributed by atoms with Gasteiger partial charge in [0.1, 0.15) is 11.2 Å². The molecule has 0 N–H and O–H groups in total. The normalized spacial score (nSPS) is 11.6. The molecule has 1 aromatic heterocycles. The molecule has 0 saturated heterocycles. The van der Waals surface area contributed by atoms with Crippen molar-refractivity contribution in [3.8, 4) is 44.5 Å². The van der Waals surface area contributed by atoms with Crippen LogP contribution >= 0.6 is 0 Å². The number of anilines is 3. The maximum atomic E-state index is 6.62. The van der Waals surface area contributed by atoms with Crippen molar-refractivity contribution in [3.05, 3.63) is 249 Å². The number of benzene rings is 12. The molecule has 0 aliphatic rings. The lowest BCUT2D eigenvalue weighted by atomic mass is 9.84. The molecular formula is C64H41NO. The van der Waals surface area contributed by atoms with E-state index >= 15 is 0 Å². The minimum absolute atomic E-state index is 0.893. The lowest BCUT2D eigenvalue weighted by Crippen LogP contribution is -2.12. The topological polar surface area (TPSA) is 16.4 Å². The van der Waals surface area contributed by atoms with Gasteiger partial charge in [0.25, 0.3) is 0 Å². The Morgan fingerprint density at radius 1 is 0.273 bits per heavy atom. The fourth-order valence-corrected chi connectivity index (χ4v) is 10.5. The molecule has 0 amide bonds. The van der Waals surface area contributed by atoms with Crippen molar-refractivity contribution < 1.29 is 4.42 Å². The summed E-state index contributed by atoms with van der Waals surface area (Å²) in [6.07, 6.45) is 0. The fraction of sp³-hybridized carbons (Fsp3) is 0. The Kier molecular flexibility index (Phi) is 8.89. The highest BCUT2D eigenvalue weighted by Crippen LogP contribution is 2.49. The molecule has 0 unspecified atom stereocenters. The van der Waals surface area contributed by atoms with E-state index in [1.807, 2.05) is 6.07 Å². The summed E-state index contributed by atoms with van der Waals surface area (Å²) in [5, 5.41) is 12.0. The number of para-hydroxylation sites is 3. The number of furan rings is 1. The van der Waals surface area contributed by atoms with Gasteiger partial charge in [-0.15, -0.1) is 0 Å². The number of rotatable bonds is 7. The van der Waals surface area contributed by atoms with E-state index in [1.165, 1.54) is 65.3 Å². The monoisotopic (exact) mass is 839 g/mol. The molecule has 66 heavy (non-hydrogen) atoms. The molecule has 0 saturated carbocycles. The smallest absolute Gasteiger partial charge is 0.143 e. The maximum Gasteiger partial charge on any atom is 0.143 e. The summed E-state index contributed by atoms with van der Waals surface area (Å²) in [6.45, 7) is 0. The zero-order chi connectivity index (χ0) is 43.6. The third-order valence-electron chi connectivity index (χ3n) is 13.4. The molecule has 2 nitrogen and oxygen atoms in total. The molecule has 1 heterocycles. The van der Waals surface area contributed by atoms with Gasteiger partial charge in [-0.05, 0) is 107 Å². The van der Waals surface area contributed by atoms with Crippen LogP contribution in [0.25, 0.3) is 110 Å². The van der Waals surface area contributed by atoms with E-state index in [0.717, 1.165) is 61.3 Å². The van der Waals surface area contributed by atoms with Crippen LogP contribution in [0.1, 0.15) is 0 Å². The average Bonchev–Trinajstić information content (AvgIpc) is 3.78. The lowest BCUT2D eigenvalue weighted by molar-refractivity contribution is 0.670. The van der Waals surface area contributed by atoms with Crippen LogP contribution in [-0.2, 0) is 0 Å². The lowest BCUT2D eigenvalue weighted by Gasteiger charge is -2.30. The summed E-state index contributed by atoms with van der Waals surface area (Å²) in [6, 6.07) is 90.4. The molecule has 0 bridgehead atoms. The van der Waals surface area contributed by atoms with Crippen molar-refractivity contribution in [2.75, 3.05) is 4.90 Å². The maximum absolute atomic E-state index is 6.62. The quantitative estimate of drug-likeness (QED) is 0.149. The van der Waals surface area contributed by atoms with Crippen molar-refractivity contribution in [3.63, 3.8) is 0 Å². The fourth-order valence-electron chi connectivity index (χ4n) is 10.5. The largest absolute Gasteiger partial charge is 0.455 e. The highest BCUT2D eigenvalue weighted by Gasteiger charge is 2.23. The van der Waals surface area contributed by atoms with E-state index in [4.69, 9.17) is 4.42 Å². The van der Waals surface area contributed by atoms with E-state index in [9.17, 15) is 0 Å². The highest BCUT2D eigenvalue weighted by molar-refractivity contribution is 6.22. The second kappa shape index (κ2) is 15.5. The van der Waals surface area contributed by atoms with Gasteiger partial charge in [0.15, 0.2) is 0 Å². The van der Waals surface area contributed by atoms with Crippen LogP contribution in [0.5, 0.6) is 0 Å². The first-order chi connectivity index (χ1) is 32.8. The zero-order valence-corrected chi connectivity index (χ0v) is 36.0. The third-order valence-corrected chi connectivity index (χ3v) is 13.4. The summed E-state index contributed by atoms with van der Waals surface area (Å²) in [5.41, 5.74) is 14.3. The summed E-state index contributed by atoms with van der Waals surface area (Å²) in [4.78, 5) is 2.48. The Bertz CT molecular complexity index is 4000. The Hall–Kier alpha value is -8.72. The third kappa shape index (κ3) is 6.11. The summed E-state index contributed by atoms with van der Waals surface area (Å²) in [7, 11) is 0. The molecular weight excluding hydrogens is 799 g/mol.